The molecule has 0 aliphatic rings. The molecule has 0 aromatic heterocycles. The second-order valence-electron chi connectivity index (χ2n) is 11.5. The highest BCUT2D eigenvalue weighted by Crippen LogP contribution is 2.38. The summed E-state index contributed by atoms with van der Waals surface area (Å²) in [6, 6.07) is 51.8. The number of methoxy groups -OCH3 is 2. The van der Waals surface area contributed by atoms with Gasteiger partial charge in [-0.25, -0.2) is 0 Å². The van der Waals surface area contributed by atoms with Crippen molar-refractivity contribution < 1.29 is 9.47 Å². The van der Waals surface area contributed by atoms with E-state index in [0.717, 1.165) is 34.1 Å². The van der Waals surface area contributed by atoms with Gasteiger partial charge in [-0.3, -0.25) is 0 Å². The second-order valence-corrected chi connectivity index (χ2v) is 11.5. The molecule has 0 saturated carbocycles. The molecule has 230 valence electrons. The smallest absolute Gasteiger partial charge is 0.0715 e. The first kappa shape index (κ1) is 30.8. The molecule has 6 aromatic carbocycles. The van der Waals surface area contributed by atoms with Crippen LogP contribution in [-0.2, 0) is 22.7 Å². The Bertz CT molecular complexity index is 1730. The Morgan fingerprint density at radius 1 is 0.391 bits per heavy atom. The van der Waals surface area contributed by atoms with E-state index in [1.807, 2.05) is 0 Å². The molecule has 0 aliphatic carbocycles. The summed E-state index contributed by atoms with van der Waals surface area (Å²) in [6.45, 7) is 5.50. The quantitative estimate of drug-likeness (QED) is 0.147. The monoisotopic (exact) mass is 604 g/mol. The minimum atomic E-state index is 0.606. The Morgan fingerprint density at radius 3 is 1.04 bits per heavy atom. The van der Waals surface area contributed by atoms with Gasteiger partial charge in [-0.2, -0.15) is 0 Å². The largest absolute Gasteiger partial charge is 0.380 e. The number of hydrogen-bond donors (Lipinski definition) is 0. The molecular weight excluding hydrogens is 564 g/mol. The predicted octanol–water partition coefficient (Wildman–Crippen LogP) is 11.2. The molecule has 6 aromatic rings. The van der Waals surface area contributed by atoms with Crippen molar-refractivity contribution in [2.45, 2.75) is 27.1 Å². The van der Waals surface area contributed by atoms with Gasteiger partial charge in [-0.05, 0) is 120 Å². The van der Waals surface area contributed by atoms with Crippen LogP contribution in [0.4, 0.5) is 34.1 Å². The first-order valence-electron chi connectivity index (χ1n) is 15.6. The maximum atomic E-state index is 5.40. The molecular formula is C42H40N2O2. The Morgan fingerprint density at radius 2 is 0.717 bits per heavy atom. The molecule has 4 heteroatoms. The molecule has 0 bridgehead atoms. The number of para-hydroxylation sites is 2. The van der Waals surface area contributed by atoms with Gasteiger partial charge in [0.1, 0.15) is 0 Å². The maximum absolute atomic E-state index is 5.40. The molecule has 46 heavy (non-hydrogen) atoms. The number of ether oxygens (including phenoxy) is 2. The Labute approximate surface area is 273 Å². The topological polar surface area (TPSA) is 24.9 Å². The fourth-order valence-corrected chi connectivity index (χ4v) is 5.93. The molecule has 0 saturated heterocycles. The minimum Gasteiger partial charge on any atom is -0.380 e. The summed E-state index contributed by atoms with van der Waals surface area (Å²) in [6.07, 6.45) is 0. The number of anilines is 6. The molecule has 0 spiro atoms. The van der Waals surface area contributed by atoms with Crippen LogP contribution in [0.25, 0.3) is 11.1 Å². The van der Waals surface area contributed by atoms with Gasteiger partial charge in [0.05, 0.1) is 13.2 Å². The summed E-state index contributed by atoms with van der Waals surface area (Å²) >= 11 is 0. The molecule has 6 rings (SSSR count). The zero-order chi connectivity index (χ0) is 31.9. The molecule has 4 nitrogen and oxygen atoms in total. The third-order valence-electron chi connectivity index (χ3n) is 8.38. The molecule has 0 fully saturated rings. The van der Waals surface area contributed by atoms with Crippen LogP contribution in [0.5, 0.6) is 0 Å². The summed E-state index contributed by atoms with van der Waals surface area (Å²) in [5.74, 6) is 0. The Balaban J connectivity index is 1.31. The fraction of sp³-hybridized carbons (Fsp3) is 0.143. The van der Waals surface area contributed by atoms with Gasteiger partial charge in [-0.15, -0.1) is 0 Å². The zero-order valence-corrected chi connectivity index (χ0v) is 27.0. The van der Waals surface area contributed by atoms with Gasteiger partial charge < -0.3 is 19.3 Å². The number of nitrogens with zero attached hydrogens (tertiary/aromatic N) is 2. The number of rotatable bonds is 11. The standard InChI is InChI=1S/C42H40N2O2/c1-31-27-41(25-19-35(31)29-45-3)43(37-11-7-5-8-12-37)39-21-15-33(16-22-39)34-17-23-40(24-18-34)44(38-13-9-6-10-14-38)42-26-20-36(30-46-4)32(2)28-42/h5-28H,29-30H2,1-4H3. The van der Waals surface area contributed by atoms with E-state index < -0.39 is 0 Å². The lowest BCUT2D eigenvalue weighted by molar-refractivity contribution is 0.184. The first-order chi connectivity index (χ1) is 22.6. The third kappa shape index (κ3) is 6.74. The molecule has 0 atom stereocenters. The van der Waals surface area contributed by atoms with Gasteiger partial charge in [0.2, 0.25) is 0 Å². The minimum absolute atomic E-state index is 0.606. The van der Waals surface area contributed by atoms with Crippen molar-refractivity contribution in [3.8, 4) is 11.1 Å². The van der Waals surface area contributed by atoms with Crippen LogP contribution in [0, 0.1) is 13.8 Å². The lowest BCUT2D eigenvalue weighted by Gasteiger charge is -2.27. The average molecular weight is 605 g/mol. The SMILES string of the molecule is COCc1ccc(N(c2ccccc2)c2ccc(-c3ccc(N(c4ccccc4)c4ccc(COC)c(C)c4)cc3)cc2)cc1C. The zero-order valence-electron chi connectivity index (χ0n) is 27.0. The molecule has 0 N–H and O–H groups in total. The van der Waals surface area contributed by atoms with Gasteiger partial charge in [-0.1, -0.05) is 72.8 Å². The molecule has 0 radical (unpaired) electrons. The van der Waals surface area contributed by atoms with E-state index >= 15 is 0 Å². The first-order valence-corrected chi connectivity index (χ1v) is 15.6. The van der Waals surface area contributed by atoms with Gasteiger partial charge >= 0.3 is 0 Å². The lowest BCUT2D eigenvalue weighted by atomic mass is 10.0. The van der Waals surface area contributed by atoms with Crippen LogP contribution < -0.4 is 9.80 Å². The van der Waals surface area contributed by atoms with Crippen LogP contribution in [-0.4, -0.2) is 14.2 Å². The van der Waals surface area contributed by atoms with Crippen molar-refractivity contribution in [3.05, 3.63) is 168 Å². The second kappa shape index (κ2) is 14.3. The van der Waals surface area contributed by atoms with Gasteiger partial charge in [0.15, 0.2) is 0 Å². The molecule has 0 heterocycles. The van der Waals surface area contributed by atoms with Crippen molar-refractivity contribution in [2.24, 2.45) is 0 Å². The fourth-order valence-electron chi connectivity index (χ4n) is 5.93. The number of aryl methyl sites for hydroxylation is 2. The van der Waals surface area contributed by atoms with E-state index in [9.17, 15) is 0 Å². The molecule has 0 unspecified atom stereocenters. The highest BCUT2D eigenvalue weighted by Gasteiger charge is 2.16. The Kier molecular flexibility index (Phi) is 9.59. The highest BCUT2D eigenvalue weighted by molar-refractivity contribution is 5.81. The summed E-state index contributed by atoms with van der Waals surface area (Å²) in [4.78, 5) is 4.60. The van der Waals surface area contributed by atoms with E-state index in [-0.39, 0.29) is 0 Å². The van der Waals surface area contributed by atoms with Crippen LogP contribution >= 0.6 is 0 Å². The van der Waals surface area contributed by atoms with Crippen molar-refractivity contribution in [1.82, 2.24) is 0 Å². The lowest BCUT2D eigenvalue weighted by Crippen LogP contribution is -2.10. The number of benzene rings is 6. The maximum Gasteiger partial charge on any atom is 0.0715 e. The molecule has 0 aliphatic heterocycles. The predicted molar refractivity (Wildman–Crippen MR) is 192 cm³/mol. The van der Waals surface area contributed by atoms with Crippen LogP contribution in [0.1, 0.15) is 22.3 Å². The van der Waals surface area contributed by atoms with Crippen LogP contribution in [0.15, 0.2) is 146 Å². The van der Waals surface area contributed by atoms with Crippen molar-refractivity contribution in [1.29, 1.82) is 0 Å². The van der Waals surface area contributed by atoms with Crippen LogP contribution in [0.3, 0.4) is 0 Å². The highest BCUT2D eigenvalue weighted by atomic mass is 16.5. The summed E-state index contributed by atoms with van der Waals surface area (Å²) in [5.41, 5.74) is 13.8. The van der Waals surface area contributed by atoms with Crippen molar-refractivity contribution >= 4 is 34.1 Å². The molecule has 0 amide bonds. The Hall–Kier alpha value is -5.16. The summed E-state index contributed by atoms with van der Waals surface area (Å²) < 4.78 is 10.8. The summed E-state index contributed by atoms with van der Waals surface area (Å²) in [7, 11) is 3.47. The van der Waals surface area contributed by atoms with Crippen molar-refractivity contribution in [3.63, 3.8) is 0 Å². The van der Waals surface area contributed by atoms with Crippen LogP contribution in [0.2, 0.25) is 0 Å². The average Bonchev–Trinajstić information content (AvgIpc) is 3.09. The van der Waals surface area contributed by atoms with Gasteiger partial charge in [0, 0.05) is 48.3 Å². The van der Waals surface area contributed by atoms with Crippen molar-refractivity contribution in [2.75, 3.05) is 24.0 Å². The normalized spacial score (nSPS) is 11.0. The van der Waals surface area contributed by atoms with Gasteiger partial charge in [0.25, 0.3) is 0 Å². The summed E-state index contributed by atoms with van der Waals surface area (Å²) in [5, 5.41) is 0. The van der Waals surface area contributed by atoms with E-state index in [0.29, 0.717) is 13.2 Å². The number of hydrogen-bond acceptors (Lipinski definition) is 4. The van der Waals surface area contributed by atoms with E-state index in [2.05, 4.69) is 169 Å². The van der Waals surface area contributed by atoms with E-state index in [1.54, 1.807) is 14.2 Å². The third-order valence-corrected chi connectivity index (χ3v) is 8.38. The van der Waals surface area contributed by atoms with E-state index in [4.69, 9.17) is 9.47 Å². The van der Waals surface area contributed by atoms with E-state index in [1.165, 1.54) is 33.4 Å².